The van der Waals surface area contributed by atoms with Gasteiger partial charge >= 0.3 is 120 Å². The number of Topliss-reactive ketones (excluding diaryl/α,β-unsaturated/α-hetero) is 1. The van der Waals surface area contributed by atoms with Crippen LogP contribution >= 0.6 is 0 Å². The van der Waals surface area contributed by atoms with Crippen molar-refractivity contribution < 1.29 is 4.79 Å². The summed E-state index contributed by atoms with van der Waals surface area (Å²) >= 11 is -0.0856. The van der Waals surface area contributed by atoms with E-state index in [0.717, 1.165) is 17.7 Å². The second kappa shape index (κ2) is 5.73. The number of ketones is 1. The summed E-state index contributed by atoms with van der Waals surface area (Å²) in [6.45, 7) is 1.07. The van der Waals surface area contributed by atoms with Crippen LogP contribution in [0, 0.1) is 0 Å². The molecule has 96 valence electrons. The van der Waals surface area contributed by atoms with Crippen LogP contribution in [0.3, 0.4) is 0 Å². The molecule has 2 unspecified atom stereocenters. The fraction of sp³-hybridized carbons (Fsp3) is 0.188. The third-order valence-corrected chi connectivity index (χ3v) is 6.20. The maximum absolute atomic E-state index is 12.8. The minimum atomic E-state index is -0.0856. The monoisotopic (exact) mass is 313 g/mol. The van der Waals surface area contributed by atoms with Crippen LogP contribution in [0.4, 0.5) is 0 Å². The Hall–Kier alpha value is -1.37. The average molecular weight is 313 g/mol. The Labute approximate surface area is 120 Å². The minimum absolute atomic E-state index is 0.0719. The summed E-state index contributed by atoms with van der Waals surface area (Å²) in [5.74, 6) is 0.232. The number of carbonyl (C=O) groups is 1. The van der Waals surface area contributed by atoms with Crippen LogP contribution in [0.5, 0.6) is 0 Å². The van der Waals surface area contributed by atoms with E-state index in [-0.39, 0.29) is 27.8 Å². The van der Waals surface area contributed by atoms with Crippen LogP contribution in [0.15, 0.2) is 60.7 Å². The Balaban J connectivity index is 1.94. The van der Waals surface area contributed by atoms with E-state index in [0.29, 0.717) is 0 Å². The third kappa shape index (κ3) is 2.65. The molecule has 2 nitrogen and oxygen atoms in total. The molecule has 1 aliphatic rings. The molecule has 1 fully saturated rings. The fourth-order valence-corrected chi connectivity index (χ4v) is 4.28. The fourth-order valence-electron chi connectivity index (χ4n) is 2.33. The molecule has 3 rings (SSSR count). The van der Waals surface area contributed by atoms with Gasteiger partial charge in [-0.3, -0.25) is 0 Å². The topological polar surface area (TPSA) is 20.3 Å². The number of carbonyl (C=O) groups excluding carboxylic acids is 1. The van der Waals surface area contributed by atoms with Gasteiger partial charge < -0.3 is 0 Å². The van der Waals surface area contributed by atoms with Gasteiger partial charge in [-0.1, -0.05) is 0 Å². The molecule has 2 aromatic rings. The molecule has 0 aliphatic carbocycles. The van der Waals surface area contributed by atoms with Crippen molar-refractivity contribution in [3.8, 4) is 0 Å². The molecule has 19 heavy (non-hydrogen) atoms. The predicted octanol–water partition coefficient (Wildman–Crippen LogP) is 2.70. The Morgan fingerprint density at radius 3 is 2.11 bits per heavy atom. The van der Waals surface area contributed by atoms with Crippen LogP contribution < -0.4 is 0 Å². The maximum atomic E-state index is 12.8. The van der Waals surface area contributed by atoms with Crippen LogP contribution in [0.2, 0.25) is 5.21 Å². The van der Waals surface area contributed by atoms with Crippen molar-refractivity contribution in [2.45, 2.75) is 11.3 Å². The first-order valence-corrected chi connectivity index (χ1v) is 8.93. The molecule has 1 heterocycles. The second-order valence-electron chi connectivity index (χ2n) is 4.65. The summed E-state index contributed by atoms with van der Waals surface area (Å²) in [6, 6.07) is 19.7. The summed E-state index contributed by atoms with van der Waals surface area (Å²) in [7, 11) is 0. The Kier molecular flexibility index (Phi) is 3.81. The summed E-state index contributed by atoms with van der Waals surface area (Å²) in [5.41, 5.74) is 1.94. The van der Waals surface area contributed by atoms with Gasteiger partial charge in [-0.25, -0.2) is 0 Å². The van der Waals surface area contributed by atoms with Gasteiger partial charge in [0.05, 0.1) is 0 Å². The van der Waals surface area contributed by atoms with Crippen LogP contribution in [-0.2, 0) is 0 Å². The van der Waals surface area contributed by atoms with Crippen molar-refractivity contribution in [2.24, 2.45) is 0 Å². The predicted molar refractivity (Wildman–Crippen MR) is 78.6 cm³/mol. The molecule has 1 aliphatic heterocycles. The molecule has 0 bridgehead atoms. The zero-order valence-corrected chi connectivity index (χ0v) is 12.7. The van der Waals surface area contributed by atoms with Crippen molar-refractivity contribution >= 4 is 21.8 Å². The first-order valence-electron chi connectivity index (χ1n) is 6.50. The molecular weight excluding hydrogens is 297 g/mol. The van der Waals surface area contributed by atoms with Gasteiger partial charge in [0.1, 0.15) is 0 Å². The van der Waals surface area contributed by atoms with Crippen molar-refractivity contribution in [1.29, 1.82) is 0 Å². The van der Waals surface area contributed by atoms with Crippen LogP contribution in [0.1, 0.15) is 22.0 Å². The van der Waals surface area contributed by atoms with Gasteiger partial charge in [0.15, 0.2) is 0 Å². The van der Waals surface area contributed by atoms with Crippen LogP contribution in [-0.4, -0.2) is 32.1 Å². The molecule has 2 aromatic carbocycles. The van der Waals surface area contributed by atoms with E-state index in [1.54, 1.807) is 0 Å². The number of hydrogen-bond acceptors (Lipinski definition) is 2. The summed E-state index contributed by atoms with van der Waals surface area (Å²) in [5, 5.41) is 1.31. The number of nitrogens with zero attached hydrogens (tertiary/aromatic N) is 1. The zero-order valence-electron chi connectivity index (χ0n) is 10.6. The Bertz CT molecular complexity index is 551. The van der Waals surface area contributed by atoms with Gasteiger partial charge in [0.2, 0.25) is 0 Å². The van der Waals surface area contributed by atoms with Gasteiger partial charge in [0, 0.05) is 0 Å². The molecule has 0 radical (unpaired) electrons. The normalized spacial score (nSPS) is 17.9. The van der Waals surface area contributed by atoms with Crippen LogP contribution in [0.25, 0.3) is 0 Å². The third-order valence-electron chi connectivity index (χ3n) is 3.40. The number of rotatable bonds is 4. The summed E-state index contributed by atoms with van der Waals surface area (Å²) in [4.78, 5) is 12.8. The standard InChI is InChI=1S/C16H16AsNO/c19-16(14-9-5-2-6-10-14)15(18-12-11-17-18)13-7-3-1-4-8-13/h1-10,15,17H,11-12H2. The molecular formula is C16H16AsNO. The van der Waals surface area contributed by atoms with Gasteiger partial charge in [-0.15, -0.1) is 0 Å². The van der Waals surface area contributed by atoms with Crippen molar-refractivity contribution in [2.75, 3.05) is 6.54 Å². The van der Waals surface area contributed by atoms with E-state index in [1.165, 1.54) is 5.21 Å². The first-order chi connectivity index (χ1) is 9.36. The molecule has 0 aromatic heterocycles. The molecule has 0 saturated carbocycles. The Morgan fingerprint density at radius 2 is 1.58 bits per heavy atom. The molecule has 0 N–H and O–H groups in total. The Morgan fingerprint density at radius 1 is 1.00 bits per heavy atom. The van der Waals surface area contributed by atoms with Gasteiger partial charge in [0.25, 0.3) is 0 Å². The molecule has 1 saturated heterocycles. The van der Waals surface area contributed by atoms with Gasteiger partial charge in [-0.2, -0.15) is 0 Å². The summed E-state index contributed by atoms with van der Waals surface area (Å²) in [6.07, 6.45) is 0. The SMILES string of the molecule is O=C(c1ccccc1)C(c1ccccc1)N1CC[AsH]1. The molecule has 0 spiro atoms. The zero-order chi connectivity index (χ0) is 13.1. The van der Waals surface area contributed by atoms with E-state index in [4.69, 9.17) is 0 Å². The van der Waals surface area contributed by atoms with E-state index in [1.807, 2.05) is 48.5 Å². The summed E-state index contributed by atoms with van der Waals surface area (Å²) < 4.78 is 2.38. The van der Waals surface area contributed by atoms with E-state index in [2.05, 4.69) is 15.9 Å². The number of benzene rings is 2. The second-order valence-corrected chi connectivity index (χ2v) is 7.56. The number of hydrogen-bond donors (Lipinski definition) is 0. The van der Waals surface area contributed by atoms with E-state index >= 15 is 0 Å². The first kappa shape index (κ1) is 12.7. The molecule has 0 amide bonds. The van der Waals surface area contributed by atoms with Crippen molar-refractivity contribution in [3.05, 3.63) is 71.8 Å². The molecule has 2 atom stereocenters. The molecule has 3 heteroatoms. The van der Waals surface area contributed by atoms with Gasteiger partial charge in [-0.05, 0) is 0 Å². The van der Waals surface area contributed by atoms with Crippen molar-refractivity contribution in [1.82, 2.24) is 3.82 Å². The average Bonchev–Trinajstić information content (AvgIpc) is 2.44. The van der Waals surface area contributed by atoms with E-state index < -0.39 is 0 Å². The quantitative estimate of drug-likeness (QED) is 0.639. The van der Waals surface area contributed by atoms with Crippen molar-refractivity contribution in [3.63, 3.8) is 0 Å². The van der Waals surface area contributed by atoms with E-state index in [9.17, 15) is 4.79 Å².